The number of thioether (sulfide) groups is 1. The summed E-state index contributed by atoms with van der Waals surface area (Å²) in [5.74, 6) is 0.0982. The number of carbonyl (C=O) groups is 1. The number of benzene rings is 2. The summed E-state index contributed by atoms with van der Waals surface area (Å²) in [7, 11) is 2.84. The summed E-state index contributed by atoms with van der Waals surface area (Å²) in [5.41, 5.74) is 0.836. The minimum atomic E-state index is -0.539. The van der Waals surface area contributed by atoms with Crippen LogP contribution < -0.4 is 10.3 Å². The van der Waals surface area contributed by atoms with Crippen molar-refractivity contribution in [3.05, 3.63) is 57.8 Å². The van der Waals surface area contributed by atoms with Crippen LogP contribution in [-0.2, 0) is 9.53 Å². The zero-order valence-corrected chi connectivity index (χ0v) is 16.5. The first-order valence-corrected chi connectivity index (χ1v) is 9.32. The molecular weight excluding hydrogens is 388 g/mol. The molecule has 1 atom stereocenters. The molecule has 0 bridgehead atoms. The fourth-order valence-electron chi connectivity index (χ4n) is 2.59. The fraction of sp³-hybridized carbons (Fsp3) is 0.211. The Kier molecular flexibility index (Phi) is 5.72. The number of aromatic nitrogens is 2. The van der Waals surface area contributed by atoms with E-state index in [-0.39, 0.29) is 5.56 Å². The third-order valence-electron chi connectivity index (χ3n) is 3.95. The predicted octanol–water partition coefficient (Wildman–Crippen LogP) is 3.70. The molecule has 0 radical (unpaired) electrons. The van der Waals surface area contributed by atoms with Crippen molar-refractivity contribution in [1.29, 1.82) is 0 Å². The fourth-order valence-corrected chi connectivity index (χ4v) is 3.79. The Hall–Kier alpha value is -2.51. The van der Waals surface area contributed by atoms with Crippen molar-refractivity contribution in [3.8, 4) is 11.4 Å². The SMILES string of the molecule is COC(=O)C(C)Sc1nc2ccccc2c(=O)n1-c1ccc(OC)c(Cl)c1. The number of hydrogen-bond donors (Lipinski definition) is 0. The Morgan fingerprint density at radius 2 is 1.96 bits per heavy atom. The lowest BCUT2D eigenvalue weighted by atomic mass is 10.2. The van der Waals surface area contributed by atoms with Gasteiger partial charge in [0.25, 0.3) is 5.56 Å². The number of ether oxygens (including phenoxy) is 2. The molecule has 0 aliphatic heterocycles. The number of esters is 1. The van der Waals surface area contributed by atoms with Gasteiger partial charge in [-0.1, -0.05) is 35.5 Å². The molecule has 0 aliphatic rings. The third kappa shape index (κ3) is 3.79. The molecule has 0 amide bonds. The molecule has 3 aromatic rings. The topological polar surface area (TPSA) is 70.4 Å². The molecule has 0 saturated heterocycles. The van der Waals surface area contributed by atoms with Gasteiger partial charge >= 0.3 is 5.97 Å². The van der Waals surface area contributed by atoms with Crippen molar-refractivity contribution in [2.75, 3.05) is 14.2 Å². The van der Waals surface area contributed by atoms with Gasteiger partial charge in [0, 0.05) is 0 Å². The van der Waals surface area contributed by atoms with Gasteiger partial charge in [-0.15, -0.1) is 0 Å². The number of hydrogen-bond acceptors (Lipinski definition) is 6. The molecular formula is C19H17ClN2O4S. The standard InChI is InChI=1S/C19H17ClN2O4S/c1-11(18(24)26-3)27-19-21-15-7-5-4-6-13(15)17(23)22(19)12-8-9-16(25-2)14(20)10-12/h4-11H,1-3H3. The van der Waals surface area contributed by atoms with Crippen molar-refractivity contribution < 1.29 is 14.3 Å². The van der Waals surface area contributed by atoms with Crippen molar-refractivity contribution in [2.45, 2.75) is 17.3 Å². The first-order chi connectivity index (χ1) is 13.0. The van der Waals surface area contributed by atoms with Gasteiger partial charge in [-0.05, 0) is 37.3 Å². The Morgan fingerprint density at radius 1 is 1.22 bits per heavy atom. The highest BCUT2D eigenvalue weighted by Crippen LogP contribution is 2.30. The van der Waals surface area contributed by atoms with E-state index in [9.17, 15) is 9.59 Å². The van der Waals surface area contributed by atoms with Crippen LogP contribution in [0.5, 0.6) is 5.75 Å². The summed E-state index contributed by atoms with van der Waals surface area (Å²) in [6.45, 7) is 1.70. The van der Waals surface area contributed by atoms with Gasteiger partial charge in [-0.25, -0.2) is 4.98 Å². The smallest absolute Gasteiger partial charge is 0.318 e. The van der Waals surface area contributed by atoms with E-state index in [0.29, 0.717) is 32.5 Å². The molecule has 0 aliphatic carbocycles. The van der Waals surface area contributed by atoms with E-state index in [0.717, 1.165) is 11.8 Å². The van der Waals surface area contributed by atoms with Gasteiger partial charge in [-0.3, -0.25) is 14.2 Å². The molecule has 8 heteroatoms. The summed E-state index contributed by atoms with van der Waals surface area (Å²) in [6.07, 6.45) is 0. The Morgan fingerprint density at radius 3 is 2.63 bits per heavy atom. The van der Waals surface area contributed by atoms with Crippen LogP contribution in [-0.4, -0.2) is 35.0 Å². The quantitative estimate of drug-likeness (QED) is 0.367. The first-order valence-electron chi connectivity index (χ1n) is 8.06. The molecule has 6 nitrogen and oxygen atoms in total. The van der Waals surface area contributed by atoms with Crippen LogP contribution in [0.4, 0.5) is 0 Å². The third-order valence-corrected chi connectivity index (χ3v) is 5.28. The highest BCUT2D eigenvalue weighted by atomic mass is 35.5. The minimum Gasteiger partial charge on any atom is -0.495 e. The van der Waals surface area contributed by atoms with Gasteiger partial charge in [0.2, 0.25) is 0 Å². The zero-order chi connectivity index (χ0) is 19.6. The van der Waals surface area contributed by atoms with Crippen LogP contribution >= 0.6 is 23.4 Å². The predicted molar refractivity (Wildman–Crippen MR) is 106 cm³/mol. The molecule has 1 aromatic heterocycles. The second-order valence-electron chi connectivity index (χ2n) is 5.65. The van der Waals surface area contributed by atoms with Crippen molar-refractivity contribution >= 4 is 40.2 Å². The molecule has 0 fully saturated rings. The average Bonchev–Trinajstić information content (AvgIpc) is 2.67. The number of fused-ring (bicyclic) bond motifs is 1. The normalized spacial score (nSPS) is 12.0. The maximum absolute atomic E-state index is 13.2. The minimum absolute atomic E-state index is 0.249. The molecule has 140 valence electrons. The monoisotopic (exact) mass is 404 g/mol. The van der Waals surface area contributed by atoms with Gasteiger partial charge in [0.15, 0.2) is 5.16 Å². The summed E-state index contributed by atoms with van der Waals surface area (Å²) >= 11 is 7.38. The molecule has 0 N–H and O–H groups in total. The summed E-state index contributed by atoms with van der Waals surface area (Å²) < 4.78 is 11.4. The lowest BCUT2D eigenvalue weighted by Gasteiger charge is -2.16. The van der Waals surface area contributed by atoms with Crippen LogP contribution in [0.2, 0.25) is 5.02 Å². The van der Waals surface area contributed by atoms with Crippen LogP contribution in [0.15, 0.2) is 52.4 Å². The highest BCUT2D eigenvalue weighted by molar-refractivity contribution is 8.00. The van der Waals surface area contributed by atoms with Crippen LogP contribution in [0.3, 0.4) is 0 Å². The van der Waals surface area contributed by atoms with E-state index < -0.39 is 11.2 Å². The van der Waals surface area contributed by atoms with E-state index in [4.69, 9.17) is 21.1 Å². The zero-order valence-electron chi connectivity index (χ0n) is 14.9. The van der Waals surface area contributed by atoms with Gasteiger partial charge in [0.1, 0.15) is 11.0 Å². The Balaban J connectivity index is 2.23. The van der Waals surface area contributed by atoms with Crippen molar-refractivity contribution in [3.63, 3.8) is 0 Å². The summed E-state index contributed by atoms with van der Waals surface area (Å²) in [4.78, 5) is 29.6. The van der Waals surface area contributed by atoms with Gasteiger partial charge in [0.05, 0.1) is 35.8 Å². The molecule has 2 aromatic carbocycles. The largest absolute Gasteiger partial charge is 0.495 e. The number of methoxy groups -OCH3 is 2. The maximum Gasteiger partial charge on any atom is 0.318 e. The second-order valence-corrected chi connectivity index (χ2v) is 7.37. The summed E-state index contributed by atoms with van der Waals surface area (Å²) in [5, 5.41) is 0.674. The number of carbonyl (C=O) groups excluding carboxylic acids is 1. The molecule has 0 saturated carbocycles. The Bertz CT molecular complexity index is 1070. The van der Waals surface area contributed by atoms with E-state index in [1.807, 2.05) is 6.07 Å². The molecule has 1 unspecified atom stereocenters. The van der Waals surface area contributed by atoms with Gasteiger partial charge < -0.3 is 9.47 Å². The lowest BCUT2D eigenvalue weighted by Crippen LogP contribution is -2.24. The van der Waals surface area contributed by atoms with E-state index >= 15 is 0 Å². The number of rotatable bonds is 5. The second kappa shape index (κ2) is 8.02. The molecule has 27 heavy (non-hydrogen) atoms. The van der Waals surface area contributed by atoms with Crippen LogP contribution in [0, 0.1) is 0 Å². The average molecular weight is 405 g/mol. The van der Waals surface area contributed by atoms with Crippen molar-refractivity contribution in [1.82, 2.24) is 9.55 Å². The number of para-hydroxylation sites is 1. The van der Waals surface area contributed by atoms with Crippen LogP contribution in [0.1, 0.15) is 6.92 Å². The molecule has 1 heterocycles. The lowest BCUT2D eigenvalue weighted by molar-refractivity contribution is -0.139. The van der Waals surface area contributed by atoms with E-state index in [2.05, 4.69) is 4.98 Å². The Labute approximate surface area is 165 Å². The number of nitrogens with zero attached hydrogens (tertiary/aromatic N) is 2. The van der Waals surface area contributed by atoms with E-state index in [1.54, 1.807) is 43.3 Å². The van der Waals surface area contributed by atoms with Crippen LogP contribution in [0.25, 0.3) is 16.6 Å². The first kappa shape index (κ1) is 19.3. The van der Waals surface area contributed by atoms with Gasteiger partial charge in [-0.2, -0.15) is 0 Å². The highest BCUT2D eigenvalue weighted by Gasteiger charge is 2.21. The van der Waals surface area contributed by atoms with E-state index in [1.165, 1.54) is 18.8 Å². The maximum atomic E-state index is 13.2. The summed E-state index contributed by atoms with van der Waals surface area (Å²) in [6, 6.07) is 12.1. The molecule has 0 spiro atoms. The van der Waals surface area contributed by atoms with Crippen molar-refractivity contribution in [2.24, 2.45) is 0 Å². The number of halogens is 1. The molecule has 3 rings (SSSR count).